The third kappa shape index (κ3) is 4.04. The van der Waals surface area contributed by atoms with Crippen molar-refractivity contribution in [2.75, 3.05) is 0 Å². The number of carboxylic acid groups (broad SMARTS) is 1. The minimum atomic E-state index is -2.74. The number of aliphatic carboxylic acids is 1. The van der Waals surface area contributed by atoms with Gasteiger partial charge in [0.15, 0.2) is 6.10 Å². The number of rotatable bonds is 4. The summed E-state index contributed by atoms with van der Waals surface area (Å²) in [7, 11) is -2.07. The first kappa shape index (κ1) is 22.9. The number of halogens is 2. The third-order valence-corrected chi connectivity index (χ3v) is 8.75. The molecule has 1 amide bonds. The number of hydrogen-bond acceptors (Lipinski definition) is 3. The fourth-order valence-electron chi connectivity index (χ4n) is 5.30. The molecule has 1 unspecified atom stereocenters. The molecule has 0 aromatic heterocycles. The molecule has 2 aliphatic rings. The van der Waals surface area contributed by atoms with Gasteiger partial charge >= 0.3 is 5.97 Å². The normalized spacial score (nSPS) is 22.6. The SMILES string of the molecule is Cc1c2c(c(C)c([Si](C)(C)C)c1[C@H](O)C(=O)O)CN(C1CCCC(F)(F)C1)C(=O)C2. The molecule has 0 saturated heterocycles. The Labute approximate surface area is 177 Å². The van der Waals surface area contributed by atoms with Crippen molar-refractivity contribution in [3.63, 3.8) is 0 Å². The van der Waals surface area contributed by atoms with Crippen LogP contribution in [0.15, 0.2) is 0 Å². The van der Waals surface area contributed by atoms with Crippen molar-refractivity contribution in [1.29, 1.82) is 0 Å². The number of aliphatic hydroxyl groups excluding tert-OH is 1. The van der Waals surface area contributed by atoms with Crippen molar-refractivity contribution >= 4 is 25.1 Å². The lowest BCUT2D eigenvalue weighted by Crippen LogP contribution is -2.50. The number of aliphatic hydroxyl groups is 1. The lowest BCUT2D eigenvalue weighted by Gasteiger charge is -2.42. The standard InChI is InChI=1S/C22H31F2NO4Si/c1-12-15-9-17(26)25(14-7-6-8-22(23,24)10-14)11-16(15)13(2)20(30(3,4)5)18(12)19(27)21(28)29/h14,19,27H,6-11H2,1-5H3,(H,28,29)/t14?,19-/m0/s1. The summed E-state index contributed by atoms with van der Waals surface area (Å²) in [5.74, 6) is -4.26. The van der Waals surface area contributed by atoms with Crippen LogP contribution in [0.1, 0.15) is 59.6 Å². The summed E-state index contributed by atoms with van der Waals surface area (Å²) in [5.41, 5.74) is 3.62. The van der Waals surface area contributed by atoms with Crippen molar-refractivity contribution in [2.24, 2.45) is 0 Å². The Morgan fingerprint density at radius 2 is 1.83 bits per heavy atom. The van der Waals surface area contributed by atoms with Gasteiger partial charge in [0, 0.05) is 25.4 Å². The Bertz CT molecular complexity index is 894. The van der Waals surface area contributed by atoms with E-state index in [-0.39, 0.29) is 31.7 Å². The third-order valence-electron chi connectivity index (χ3n) is 6.61. The van der Waals surface area contributed by atoms with Crippen molar-refractivity contribution in [3.8, 4) is 0 Å². The molecule has 1 aliphatic heterocycles. The van der Waals surface area contributed by atoms with E-state index in [0.717, 1.165) is 21.9 Å². The van der Waals surface area contributed by atoms with Gasteiger partial charge in [0.1, 0.15) is 0 Å². The first-order chi connectivity index (χ1) is 13.7. The quantitative estimate of drug-likeness (QED) is 0.705. The van der Waals surface area contributed by atoms with Crippen molar-refractivity contribution in [3.05, 3.63) is 27.8 Å². The molecule has 1 heterocycles. The molecular weight excluding hydrogens is 408 g/mol. The van der Waals surface area contributed by atoms with E-state index in [2.05, 4.69) is 19.6 Å². The molecule has 2 N–H and O–H groups in total. The molecular formula is C22H31F2NO4Si. The number of alkyl halides is 2. The fraction of sp³-hybridized carbons (Fsp3) is 0.636. The van der Waals surface area contributed by atoms with E-state index in [4.69, 9.17) is 0 Å². The molecule has 2 atom stereocenters. The maximum Gasteiger partial charge on any atom is 0.337 e. The van der Waals surface area contributed by atoms with Gasteiger partial charge in [-0.3, -0.25) is 4.79 Å². The fourth-order valence-corrected chi connectivity index (χ4v) is 7.70. The lowest BCUT2D eigenvalue weighted by atomic mass is 9.84. The van der Waals surface area contributed by atoms with Crippen LogP contribution in [0.5, 0.6) is 0 Å². The molecule has 0 radical (unpaired) electrons. The molecule has 3 rings (SSSR count). The second kappa shape index (κ2) is 7.71. The van der Waals surface area contributed by atoms with Crippen molar-refractivity contribution in [1.82, 2.24) is 4.90 Å². The highest BCUT2D eigenvalue weighted by Crippen LogP contribution is 2.39. The number of fused-ring (bicyclic) bond motifs is 1. The van der Waals surface area contributed by atoms with Gasteiger partial charge in [0.05, 0.1) is 14.5 Å². The van der Waals surface area contributed by atoms with Crippen LogP contribution < -0.4 is 5.19 Å². The number of carbonyl (C=O) groups is 2. The summed E-state index contributed by atoms with van der Waals surface area (Å²) < 4.78 is 28.0. The second-order valence-electron chi connectivity index (χ2n) is 9.79. The zero-order chi connectivity index (χ0) is 22.6. The zero-order valence-corrected chi connectivity index (χ0v) is 19.3. The van der Waals surface area contributed by atoms with Gasteiger partial charge in [-0.1, -0.05) is 24.8 Å². The predicted octanol–water partition coefficient (Wildman–Crippen LogP) is 3.43. The summed E-state index contributed by atoms with van der Waals surface area (Å²) in [6, 6.07) is -0.478. The first-order valence-corrected chi connectivity index (χ1v) is 14.0. The Morgan fingerprint density at radius 1 is 1.20 bits per heavy atom. The molecule has 166 valence electrons. The highest BCUT2D eigenvalue weighted by molar-refractivity contribution is 6.89. The summed E-state index contributed by atoms with van der Waals surface area (Å²) in [5, 5.41) is 20.8. The number of carbonyl (C=O) groups excluding carboxylic acids is 1. The predicted molar refractivity (Wildman–Crippen MR) is 113 cm³/mol. The minimum Gasteiger partial charge on any atom is -0.479 e. The van der Waals surface area contributed by atoms with Crippen LogP contribution in [0.2, 0.25) is 19.6 Å². The van der Waals surface area contributed by atoms with E-state index in [1.54, 1.807) is 11.8 Å². The van der Waals surface area contributed by atoms with Gasteiger partial charge in [-0.2, -0.15) is 0 Å². The van der Waals surface area contributed by atoms with Gasteiger partial charge in [-0.25, -0.2) is 13.6 Å². The smallest absolute Gasteiger partial charge is 0.337 e. The summed E-state index contributed by atoms with van der Waals surface area (Å²) >= 11 is 0. The molecule has 0 bridgehead atoms. The summed E-state index contributed by atoms with van der Waals surface area (Å²) in [6.07, 6.45) is -1.06. The van der Waals surface area contributed by atoms with Crippen molar-refractivity contribution in [2.45, 2.75) is 90.2 Å². The van der Waals surface area contributed by atoms with Gasteiger partial charge in [-0.05, 0) is 54.5 Å². The first-order valence-electron chi connectivity index (χ1n) is 10.5. The van der Waals surface area contributed by atoms with E-state index in [0.29, 0.717) is 24.0 Å². The van der Waals surface area contributed by atoms with Gasteiger partial charge < -0.3 is 15.1 Å². The zero-order valence-electron chi connectivity index (χ0n) is 18.3. The van der Waals surface area contributed by atoms with E-state index in [1.807, 2.05) is 6.92 Å². The Morgan fingerprint density at radius 3 is 2.37 bits per heavy atom. The molecule has 1 aliphatic carbocycles. The number of nitrogens with zero attached hydrogens (tertiary/aromatic N) is 1. The molecule has 1 saturated carbocycles. The summed E-state index contributed by atoms with van der Waals surface area (Å²) in [6.45, 7) is 10.2. The number of carboxylic acids is 1. The molecule has 30 heavy (non-hydrogen) atoms. The molecule has 5 nitrogen and oxygen atoms in total. The second-order valence-corrected chi connectivity index (χ2v) is 14.8. The summed E-state index contributed by atoms with van der Waals surface area (Å²) in [4.78, 5) is 26.2. The molecule has 0 spiro atoms. The molecule has 8 heteroatoms. The topological polar surface area (TPSA) is 77.8 Å². The van der Waals surface area contributed by atoms with Gasteiger partial charge in [0.25, 0.3) is 0 Å². The van der Waals surface area contributed by atoms with E-state index < -0.39 is 32.1 Å². The van der Waals surface area contributed by atoms with Crippen LogP contribution in [0, 0.1) is 13.8 Å². The average molecular weight is 440 g/mol. The van der Waals surface area contributed by atoms with E-state index >= 15 is 0 Å². The average Bonchev–Trinajstić information content (AvgIpc) is 2.61. The molecule has 1 aromatic carbocycles. The molecule has 1 aromatic rings. The Kier molecular flexibility index (Phi) is 5.88. The van der Waals surface area contributed by atoms with Crippen LogP contribution >= 0.6 is 0 Å². The highest BCUT2D eigenvalue weighted by atomic mass is 28.3. The Hall–Kier alpha value is -1.80. The van der Waals surface area contributed by atoms with Gasteiger partial charge in [-0.15, -0.1) is 0 Å². The maximum atomic E-state index is 14.0. The monoisotopic (exact) mass is 439 g/mol. The van der Waals surface area contributed by atoms with Crippen molar-refractivity contribution < 1.29 is 28.6 Å². The van der Waals surface area contributed by atoms with Crippen LogP contribution in [-0.2, 0) is 22.6 Å². The van der Waals surface area contributed by atoms with E-state index in [9.17, 15) is 28.6 Å². The van der Waals surface area contributed by atoms with Crippen LogP contribution in [0.3, 0.4) is 0 Å². The van der Waals surface area contributed by atoms with Crippen LogP contribution in [-0.4, -0.2) is 47.0 Å². The number of benzene rings is 1. The Balaban J connectivity index is 2.13. The number of hydrogen-bond donors (Lipinski definition) is 2. The number of amides is 1. The maximum absolute atomic E-state index is 14.0. The minimum absolute atomic E-state index is 0.0510. The molecule has 1 fully saturated rings. The highest BCUT2D eigenvalue weighted by Gasteiger charge is 2.42. The van der Waals surface area contributed by atoms with Gasteiger partial charge in [0.2, 0.25) is 11.8 Å². The van der Waals surface area contributed by atoms with E-state index in [1.165, 1.54) is 0 Å². The largest absolute Gasteiger partial charge is 0.479 e. The van der Waals surface area contributed by atoms with Crippen LogP contribution in [0.4, 0.5) is 8.78 Å². The lowest BCUT2D eigenvalue weighted by molar-refractivity contribution is -0.147. The van der Waals surface area contributed by atoms with Crippen LogP contribution in [0.25, 0.3) is 0 Å².